The van der Waals surface area contributed by atoms with Crippen molar-refractivity contribution in [2.45, 2.75) is 26.8 Å². The zero-order valence-corrected chi connectivity index (χ0v) is 13.5. The van der Waals surface area contributed by atoms with Crippen LogP contribution in [0.3, 0.4) is 0 Å². The van der Waals surface area contributed by atoms with E-state index in [0.29, 0.717) is 6.61 Å². The maximum absolute atomic E-state index is 5.69. The highest BCUT2D eigenvalue weighted by Gasteiger charge is 1.98. The van der Waals surface area contributed by atoms with Gasteiger partial charge in [0.1, 0.15) is 18.1 Å². The fourth-order valence-electron chi connectivity index (χ4n) is 1.88. The fourth-order valence-corrected chi connectivity index (χ4v) is 2.74. The molecular formula is C17H23NO2S. The molecule has 0 aliphatic carbocycles. The lowest BCUT2D eigenvalue weighted by molar-refractivity contribution is 0.307. The van der Waals surface area contributed by atoms with Gasteiger partial charge in [-0.25, -0.2) is 0 Å². The molecule has 0 aliphatic heterocycles. The Morgan fingerprint density at radius 1 is 0.952 bits per heavy atom. The Hall–Kier alpha value is -1.52. The van der Waals surface area contributed by atoms with Crippen molar-refractivity contribution < 1.29 is 9.47 Å². The van der Waals surface area contributed by atoms with Crippen LogP contribution in [-0.4, -0.2) is 19.8 Å². The predicted molar refractivity (Wildman–Crippen MR) is 88.5 cm³/mol. The first-order valence-corrected chi connectivity index (χ1v) is 8.21. The van der Waals surface area contributed by atoms with E-state index in [9.17, 15) is 0 Å². The lowest BCUT2D eigenvalue weighted by atomic mass is 10.3. The number of hydrogen-bond donors (Lipinski definition) is 1. The first-order chi connectivity index (χ1) is 10.3. The summed E-state index contributed by atoms with van der Waals surface area (Å²) in [6.07, 6.45) is 1.02. The molecule has 2 rings (SSSR count). The van der Waals surface area contributed by atoms with E-state index < -0.39 is 0 Å². The first-order valence-electron chi connectivity index (χ1n) is 7.39. The van der Waals surface area contributed by atoms with Crippen LogP contribution < -0.4 is 14.8 Å². The van der Waals surface area contributed by atoms with E-state index in [2.05, 4.69) is 31.3 Å². The van der Waals surface area contributed by atoms with E-state index in [4.69, 9.17) is 9.47 Å². The SMILES string of the molecule is CCCOc1ccc(OCCNCc2ccc(C)s2)cc1. The summed E-state index contributed by atoms with van der Waals surface area (Å²) in [6.45, 7) is 7.40. The molecule has 0 saturated heterocycles. The zero-order valence-electron chi connectivity index (χ0n) is 12.7. The van der Waals surface area contributed by atoms with Gasteiger partial charge in [0, 0.05) is 22.8 Å². The van der Waals surface area contributed by atoms with E-state index >= 15 is 0 Å². The number of ether oxygens (including phenoxy) is 2. The molecule has 0 bridgehead atoms. The smallest absolute Gasteiger partial charge is 0.119 e. The number of nitrogens with one attached hydrogen (secondary N) is 1. The first kappa shape index (κ1) is 15.9. The van der Waals surface area contributed by atoms with Gasteiger partial charge in [0.25, 0.3) is 0 Å². The summed E-state index contributed by atoms with van der Waals surface area (Å²) >= 11 is 1.83. The number of hydrogen-bond acceptors (Lipinski definition) is 4. The quantitative estimate of drug-likeness (QED) is 0.710. The molecule has 3 nitrogen and oxygen atoms in total. The third-order valence-electron chi connectivity index (χ3n) is 2.94. The van der Waals surface area contributed by atoms with Crippen LogP contribution in [0.15, 0.2) is 36.4 Å². The third kappa shape index (κ3) is 5.78. The van der Waals surface area contributed by atoms with Crippen LogP contribution in [0.1, 0.15) is 23.1 Å². The van der Waals surface area contributed by atoms with Crippen molar-refractivity contribution in [3.8, 4) is 11.5 Å². The molecule has 0 amide bonds. The Bertz CT molecular complexity index is 522. The molecule has 1 aromatic carbocycles. The Balaban J connectivity index is 1.62. The molecule has 0 atom stereocenters. The molecule has 21 heavy (non-hydrogen) atoms. The molecule has 0 saturated carbocycles. The van der Waals surface area contributed by atoms with Gasteiger partial charge in [0.2, 0.25) is 0 Å². The summed E-state index contributed by atoms with van der Waals surface area (Å²) in [5, 5.41) is 3.39. The number of aryl methyl sites for hydroxylation is 1. The Morgan fingerprint density at radius 3 is 2.19 bits per heavy atom. The van der Waals surface area contributed by atoms with Crippen molar-refractivity contribution in [3.63, 3.8) is 0 Å². The van der Waals surface area contributed by atoms with E-state index in [1.54, 1.807) is 0 Å². The maximum atomic E-state index is 5.69. The minimum Gasteiger partial charge on any atom is -0.494 e. The van der Waals surface area contributed by atoms with Gasteiger partial charge in [0.15, 0.2) is 0 Å². The lowest BCUT2D eigenvalue weighted by Gasteiger charge is -2.08. The second kappa shape index (κ2) is 8.70. The molecule has 0 unspecified atom stereocenters. The third-order valence-corrected chi connectivity index (χ3v) is 3.94. The van der Waals surface area contributed by atoms with Crippen molar-refractivity contribution in [3.05, 3.63) is 46.2 Å². The van der Waals surface area contributed by atoms with E-state index in [0.717, 1.165) is 37.6 Å². The number of rotatable bonds is 9. The topological polar surface area (TPSA) is 30.5 Å². The minimum absolute atomic E-state index is 0.666. The van der Waals surface area contributed by atoms with Gasteiger partial charge >= 0.3 is 0 Å². The van der Waals surface area contributed by atoms with Gasteiger partial charge in [0.05, 0.1) is 6.61 Å². The zero-order chi connectivity index (χ0) is 14.9. The second-order valence-electron chi connectivity index (χ2n) is 4.86. The molecule has 114 valence electrons. The molecule has 0 radical (unpaired) electrons. The van der Waals surface area contributed by atoms with Crippen LogP contribution in [0.5, 0.6) is 11.5 Å². The molecule has 1 aromatic heterocycles. The van der Waals surface area contributed by atoms with Crippen LogP contribution in [0, 0.1) is 6.92 Å². The average molecular weight is 305 g/mol. The van der Waals surface area contributed by atoms with Crippen LogP contribution in [0.4, 0.5) is 0 Å². The summed E-state index contributed by atoms with van der Waals surface area (Å²) in [5.74, 6) is 1.78. The molecule has 1 heterocycles. The molecule has 0 spiro atoms. The largest absolute Gasteiger partial charge is 0.494 e. The average Bonchev–Trinajstić information content (AvgIpc) is 2.91. The molecule has 2 aromatic rings. The van der Waals surface area contributed by atoms with Crippen molar-refractivity contribution in [1.29, 1.82) is 0 Å². The highest BCUT2D eigenvalue weighted by Crippen LogP contribution is 2.17. The highest BCUT2D eigenvalue weighted by molar-refractivity contribution is 7.11. The van der Waals surface area contributed by atoms with Crippen molar-refractivity contribution >= 4 is 11.3 Å². The Morgan fingerprint density at radius 2 is 1.62 bits per heavy atom. The maximum Gasteiger partial charge on any atom is 0.119 e. The van der Waals surface area contributed by atoms with E-state index in [1.807, 2.05) is 35.6 Å². The number of benzene rings is 1. The summed E-state index contributed by atoms with van der Waals surface area (Å²) in [5.41, 5.74) is 0. The molecule has 4 heteroatoms. The van der Waals surface area contributed by atoms with Crippen molar-refractivity contribution in [1.82, 2.24) is 5.32 Å². The molecule has 0 aliphatic rings. The molecule has 1 N–H and O–H groups in total. The van der Waals surface area contributed by atoms with Gasteiger partial charge in [-0.3, -0.25) is 0 Å². The van der Waals surface area contributed by atoms with Crippen LogP contribution >= 0.6 is 11.3 Å². The van der Waals surface area contributed by atoms with Gasteiger partial charge < -0.3 is 14.8 Å². The van der Waals surface area contributed by atoms with Gasteiger partial charge in [-0.05, 0) is 49.7 Å². The Labute approximate surface area is 130 Å². The highest BCUT2D eigenvalue weighted by atomic mass is 32.1. The van der Waals surface area contributed by atoms with Gasteiger partial charge in [-0.15, -0.1) is 11.3 Å². The molecule has 0 fully saturated rings. The second-order valence-corrected chi connectivity index (χ2v) is 6.23. The van der Waals surface area contributed by atoms with Crippen LogP contribution in [0.2, 0.25) is 0 Å². The summed E-state index contributed by atoms with van der Waals surface area (Å²) < 4.78 is 11.2. The summed E-state index contributed by atoms with van der Waals surface area (Å²) in [7, 11) is 0. The van der Waals surface area contributed by atoms with Crippen molar-refractivity contribution in [2.24, 2.45) is 0 Å². The van der Waals surface area contributed by atoms with Crippen LogP contribution in [-0.2, 0) is 6.54 Å². The Kier molecular flexibility index (Phi) is 6.57. The monoisotopic (exact) mass is 305 g/mol. The van der Waals surface area contributed by atoms with E-state index in [1.165, 1.54) is 9.75 Å². The fraction of sp³-hybridized carbons (Fsp3) is 0.412. The van der Waals surface area contributed by atoms with Crippen molar-refractivity contribution in [2.75, 3.05) is 19.8 Å². The minimum atomic E-state index is 0.666. The van der Waals surface area contributed by atoms with Gasteiger partial charge in [-0.1, -0.05) is 6.92 Å². The lowest BCUT2D eigenvalue weighted by Crippen LogP contribution is -2.20. The van der Waals surface area contributed by atoms with E-state index in [-0.39, 0.29) is 0 Å². The normalized spacial score (nSPS) is 10.6. The standard InChI is InChI=1S/C17H23NO2S/c1-3-11-19-15-5-7-16(8-6-15)20-12-10-18-13-17-9-4-14(2)21-17/h4-9,18H,3,10-13H2,1-2H3. The van der Waals surface area contributed by atoms with Gasteiger partial charge in [-0.2, -0.15) is 0 Å². The van der Waals surface area contributed by atoms with Crippen LogP contribution in [0.25, 0.3) is 0 Å². The summed E-state index contributed by atoms with van der Waals surface area (Å²) in [4.78, 5) is 2.72. The predicted octanol–water partition coefficient (Wildman–Crippen LogP) is 4.01. The summed E-state index contributed by atoms with van der Waals surface area (Å²) in [6, 6.07) is 12.1. The number of thiophene rings is 1. The molecular weight excluding hydrogens is 282 g/mol.